The minimum atomic E-state index is -1.02. The Labute approximate surface area is 156 Å². The van der Waals surface area contributed by atoms with Crippen LogP contribution in [0.3, 0.4) is 0 Å². The molecule has 0 saturated carbocycles. The van der Waals surface area contributed by atoms with E-state index in [2.05, 4.69) is 5.32 Å². The summed E-state index contributed by atoms with van der Waals surface area (Å²) in [7, 11) is 0. The lowest BCUT2D eigenvalue weighted by Crippen LogP contribution is -2.26. The fourth-order valence-electron chi connectivity index (χ4n) is 2.53. The highest BCUT2D eigenvalue weighted by atomic mass is 32.1. The number of carbonyl (C=O) groups is 2. The van der Waals surface area contributed by atoms with Crippen molar-refractivity contribution >= 4 is 28.9 Å². The maximum Gasteiger partial charge on any atom is 0.349 e. The van der Waals surface area contributed by atoms with Crippen molar-refractivity contribution in [2.24, 2.45) is 0 Å². The van der Waals surface area contributed by atoms with Gasteiger partial charge in [-0.2, -0.15) is 0 Å². The van der Waals surface area contributed by atoms with Crippen LogP contribution in [0.25, 0.3) is 0 Å². The van der Waals surface area contributed by atoms with Gasteiger partial charge in [0.05, 0.1) is 0 Å². The molecule has 5 heteroatoms. The summed E-state index contributed by atoms with van der Waals surface area (Å²) in [6.45, 7) is 3.88. The zero-order valence-electron chi connectivity index (χ0n) is 14.6. The number of esters is 1. The summed E-state index contributed by atoms with van der Waals surface area (Å²) in [5.74, 6) is -0.889. The highest BCUT2D eigenvalue weighted by Crippen LogP contribution is 2.24. The molecule has 0 aliphatic carbocycles. The molecule has 0 aliphatic heterocycles. The highest BCUT2D eigenvalue weighted by molar-refractivity contribution is 7.11. The smallest absolute Gasteiger partial charge is 0.349 e. The van der Waals surface area contributed by atoms with Crippen LogP contribution in [-0.4, -0.2) is 11.9 Å². The average Bonchev–Trinajstić information content (AvgIpc) is 3.18. The molecule has 0 saturated heterocycles. The first-order valence-corrected chi connectivity index (χ1v) is 9.10. The second-order valence-corrected chi connectivity index (χ2v) is 6.93. The summed E-state index contributed by atoms with van der Waals surface area (Å²) in [5.41, 5.74) is 3.32. The molecule has 1 aromatic heterocycles. The van der Waals surface area contributed by atoms with Crippen LogP contribution in [0.2, 0.25) is 0 Å². The topological polar surface area (TPSA) is 55.4 Å². The van der Waals surface area contributed by atoms with Crippen molar-refractivity contribution in [2.75, 3.05) is 5.32 Å². The molecule has 3 rings (SSSR count). The van der Waals surface area contributed by atoms with Crippen molar-refractivity contribution in [1.82, 2.24) is 0 Å². The average molecular weight is 365 g/mol. The number of rotatable bonds is 5. The van der Waals surface area contributed by atoms with Crippen LogP contribution in [0.1, 0.15) is 32.5 Å². The van der Waals surface area contributed by atoms with Gasteiger partial charge in [-0.15, -0.1) is 11.3 Å². The summed E-state index contributed by atoms with van der Waals surface area (Å²) in [4.78, 5) is 25.7. The van der Waals surface area contributed by atoms with E-state index in [1.54, 1.807) is 29.6 Å². The Hall–Kier alpha value is -2.92. The lowest BCUT2D eigenvalue weighted by atomic mass is 10.1. The number of ether oxygens (including phenoxy) is 1. The Morgan fingerprint density at radius 3 is 2.46 bits per heavy atom. The van der Waals surface area contributed by atoms with E-state index in [9.17, 15) is 9.59 Å². The Balaban J connectivity index is 1.86. The van der Waals surface area contributed by atoms with E-state index in [1.165, 1.54) is 11.3 Å². The van der Waals surface area contributed by atoms with Gasteiger partial charge >= 0.3 is 5.97 Å². The lowest BCUT2D eigenvalue weighted by Gasteiger charge is -2.18. The largest absolute Gasteiger partial charge is 0.443 e. The van der Waals surface area contributed by atoms with Gasteiger partial charge in [0.2, 0.25) is 6.10 Å². The lowest BCUT2D eigenvalue weighted by molar-refractivity contribution is -0.125. The summed E-state index contributed by atoms with van der Waals surface area (Å²) >= 11 is 1.28. The van der Waals surface area contributed by atoms with Crippen LogP contribution < -0.4 is 5.32 Å². The molecular weight excluding hydrogens is 346 g/mol. The zero-order valence-corrected chi connectivity index (χ0v) is 15.4. The number of anilines is 1. The highest BCUT2D eigenvalue weighted by Gasteiger charge is 2.26. The maximum atomic E-state index is 12.9. The number of aryl methyl sites for hydroxylation is 2. The number of hydrogen-bond donors (Lipinski definition) is 1. The summed E-state index contributed by atoms with van der Waals surface area (Å²) in [5, 5.41) is 4.68. The number of carbonyl (C=O) groups excluding carboxylic acids is 2. The first kappa shape index (κ1) is 17.9. The monoisotopic (exact) mass is 365 g/mol. The summed E-state index contributed by atoms with van der Waals surface area (Å²) in [6, 6.07) is 18.3. The van der Waals surface area contributed by atoms with Crippen LogP contribution in [0.5, 0.6) is 0 Å². The van der Waals surface area contributed by atoms with Gasteiger partial charge in [0.1, 0.15) is 4.88 Å². The first-order valence-electron chi connectivity index (χ1n) is 8.22. The minimum absolute atomic E-state index is 0.380. The number of hydrogen-bond acceptors (Lipinski definition) is 4. The van der Waals surface area contributed by atoms with Crippen molar-refractivity contribution in [3.63, 3.8) is 0 Å². The molecule has 26 heavy (non-hydrogen) atoms. The van der Waals surface area contributed by atoms with E-state index in [-0.39, 0.29) is 5.91 Å². The molecule has 2 aromatic carbocycles. The van der Waals surface area contributed by atoms with E-state index < -0.39 is 12.1 Å². The minimum Gasteiger partial charge on any atom is -0.443 e. The molecule has 4 nitrogen and oxygen atoms in total. The molecule has 1 amide bonds. The Bertz CT molecular complexity index is 904. The Kier molecular flexibility index (Phi) is 5.49. The number of nitrogens with one attached hydrogen (secondary N) is 1. The molecule has 0 aliphatic rings. The van der Waals surface area contributed by atoms with Gasteiger partial charge in [0, 0.05) is 11.3 Å². The van der Waals surface area contributed by atoms with E-state index in [4.69, 9.17) is 4.74 Å². The standard InChI is InChI=1S/C21H19NO3S/c1-14-10-11-15(2)17(13-14)22-20(23)19(16-7-4-3-5-8-16)25-21(24)18-9-6-12-26-18/h3-13,19H,1-2H3,(H,22,23)/t19-/m1/s1. The van der Waals surface area contributed by atoms with Crippen LogP contribution in [0.15, 0.2) is 66.0 Å². The van der Waals surface area contributed by atoms with Crippen molar-refractivity contribution in [2.45, 2.75) is 20.0 Å². The van der Waals surface area contributed by atoms with E-state index in [0.717, 1.165) is 11.1 Å². The third-order valence-electron chi connectivity index (χ3n) is 3.94. The molecule has 1 N–H and O–H groups in total. The zero-order chi connectivity index (χ0) is 18.5. The molecule has 0 spiro atoms. The van der Waals surface area contributed by atoms with Crippen LogP contribution in [-0.2, 0) is 9.53 Å². The van der Waals surface area contributed by atoms with Crippen LogP contribution in [0.4, 0.5) is 5.69 Å². The molecule has 1 atom stereocenters. The van der Waals surface area contributed by atoms with Gasteiger partial charge in [-0.3, -0.25) is 4.79 Å². The molecule has 1 heterocycles. The maximum absolute atomic E-state index is 12.9. The predicted molar refractivity (Wildman–Crippen MR) is 103 cm³/mol. The summed E-state index contributed by atoms with van der Waals surface area (Å²) < 4.78 is 5.54. The van der Waals surface area contributed by atoms with Crippen LogP contribution in [0, 0.1) is 13.8 Å². The Morgan fingerprint density at radius 1 is 1.00 bits per heavy atom. The third-order valence-corrected chi connectivity index (χ3v) is 4.79. The quantitative estimate of drug-likeness (QED) is 0.654. The van der Waals surface area contributed by atoms with Crippen molar-refractivity contribution in [3.05, 3.63) is 87.6 Å². The molecule has 0 radical (unpaired) electrons. The second-order valence-electron chi connectivity index (χ2n) is 5.98. The van der Waals surface area contributed by atoms with Gasteiger partial charge in [-0.25, -0.2) is 4.79 Å². The van der Waals surface area contributed by atoms with E-state index >= 15 is 0 Å². The predicted octanol–water partition coefficient (Wildman–Crippen LogP) is 4.90. The van der Waals surface area contributed by atoms with E-state index in [1.807, 2.05) is 50.2 Å². The normalized spacial score (nSPS) is 11.6. The number of amides is 1. The van der Waals surface area contributed by atoms with Gasteiger partial charge in [0.15, 0.2) is 0 Å². The Morgan fingerprint density at radius 2 is 1.77 bits per heavy atom. The second kappa shape index (κ2) is 7.97. The van der Waals surface area contributed by atoms with Gasteiger partial charge in [-0.05, 0) is 42.5 Å². The number of benzene rings is 2. The molecule has 3 aromatic rings. The molecule has 0 unspecified atom stereocenters. The van der Waals surface area contributed by atoms with Crippen LogP contribution >= 0.6 is 11.3 Å². The SMILES string of the molecule is Cc1ccc(C)c(NC(=O)[C@H](OC(=O)c2cccs2)c2ccccc2)c1. The van der Waals surface area contributed by atoms with Crippen molar-refractivity contribution < 1.29 is 14.3 Å². The third kappa shape index (κ3) is 4.18. The number of thiophene rings is 1. The van der Waals surface area contributed by atoms with Crippen molar-refractivity contribution in [3.8, 4) is 0 Å². The van der Waals surface area contributed by atoms with Crippen molar-refractivity contribution in [1.29, 1.82) is 0 Å². The molecule has 0 bridgehead atoms. The van der Waals surface area contributed by atoms with E-state index in [0.29, 0.717) is 16.1 Å². The van der Waals surface area contributed by atoms with Gasteiger partial charge < -0.3 is 10.1 Å². The first-order chi connectivity index (χ1) is 12.5. The molecule has 0 fully saturated rings. The molecular formula is C21H19NO3S. The molecule has 132 valence electrons. The fraction of sp³-hybridized carbons (Fsp3) is 0.143. The summed E-state index contributed by atoms with van der Waals surface area (Å²) in [6.07, 6.45) is -1.02. The fourth-order valence-corrected chi connectivity index (χ4v) is 3.13. The van der Waals surface area contributed by atoms with Gasteiger partial charge in [0.25, 0.3) is 5.91 Å². The van der Waals surface area contributed by atoms with Gasteiger partial charge in [-0.1, -0.05) is 48.5 Å².